The van der Waals surface area contributed by atoms with Crippen LogP contribution in [0.4, 0.5) is 5.13 Å². The first-order valence-corrected chi connectivity index (χ1v) is 7.15. The van der Waals surface area contributed by atoms with Crippen molar-refractivity contribution in [2.75, 3.05) is 12.3 Å². The molecule has 0 bridgehead atoms. The molecule has 4 nitrogen and oxygen atoms in total. The average Bonchev–Trinajstić information content (AvgIpc) is 2.95. The molecular weight excluding hydrogens is 234 g/mol. The van der Waals surface area contributed by atoms with E-state index in [0.717, 1.165) is 25.3 Å². The molecule has 0 aromatic carbocycles. The number of hydrogen-bond acceptors (Lipinski definition) is 4. The van der Waals surface area contributed by atoms with Crippen LogP contribution in [-0.2, 0) is 0 Å². The SMILES string of the molecule is Nc1nc(C(=O)N2CCCC3CCCC32)cs1. The van der Waals surface area contributed by atoms with Gasteiger partial charge in [-0.25, -0.2) is 4.98 Å². The van der Waals surface area contributed by atoms with Crippen molar-refractivity contribution in [1.82, 2.24) is 9.88 Å². The third-order valence-electron chi connectivity index (χ3n) is 4.00. The molecule has 2 fully saturated rings. The molecule has 1 saturated carbocycles. The molecule has 2 unspecified atom stereocenters. The fraction of sp³-hybridized carbons (Fsp3) is 0.667. The second-order valence-electron chi connectivity index (χ2n) is 4.97. The first-order valence-electron chi connectivity index (χ1n) is 6.27. The molecule has 5 heteroatoms. The lowest BCUT2D eigenvalue weighted by Crippen LogP contribution is -2.46. The predicted molar refractivity (Wildman–Crippen MR) is 67.9 cm³/mol. The van der Waals surface area contributed by atoms with E-state index in [9.17, 15) is 4.79 Å². The number of hydrogen-bond donors (Lipinski definition) is 1. The predicted octanol–water partition coefficient (Wildman–Crippen LogP) is 2.13. The summed E-state index contributed by atoms with van der Waals surface area (Å²) in [5.41, 5.74) is 6.12. The van der Waals surface area contributed by atoms with Gasteiger partial charge in [0.1, 0.15) is 5.69 Å². The highest BCUT2D eigenvalue weighted by Gasteiger charge is 2.37. The lowest BCUT2D eigenvalue weighted by atomic mass is 9.92. The Bertz CT molecular complexity index is 431. The second-order valence-corrected chi connectivity index (χ2v) is 5.86. The van der Waals surface area contributed by atoms with E-state index in [1.165, 1.54) is 30.6 Å². The molecule has 3 rings (SSSR count). The standard InChI is InChI=1S/C12H17N3OS/c13-12-14-9(7-17-12)11(16)15-6-2-4-8-3-1-5-10(8)15/h7-8,10H,1-6H2,(H2,13,14). The number of carbonyl (C=O) groups excluding carboxylic acids is 1. The minimum absolute atomic E-state index is 0.0783. The molecule has 92 valence electrons. The van der Waals surface area contributed by atoms with E-state index < -0.39 is 0 Å². The Balaban J connectivity index is 1.81. The largest absolute Gasteiger partial charge is 0.375 e. The van der Waals surface area contributed by atoms with E-state index >= 15 is 0 Å². The zero-order valence-corrected chi connectivity index (χ0v) is 10.6. The number of aromatic nitrogens is 1. The smallest absolute Gasteiger partial charge is 0.273 e. The van der Waals surface area contributed by atoms with Crippen molar-refractivity contribution in [2.45, 2.75) is 38.1 Å². The van der Waals surface area contributed by atoms with Crippen molar-refractivity contribution >= 4 is 22.4 Å². The van der Waals surface area contributed by atoms with Crippen LogP contribution in [0.2, 0.25) is 0 Å². The number of rotatable bonds is 1. The topological polar surface area (TPSA) is 59.2 Å². The van der Waals surface area contributed by atoms with Crippen molar-refractivity contribution in [3.05, 3.63) is 11.1 Å². The number of fused-ring (bicyclic) bond motifs is 1. The molecule has 1 amide bonds. The van der Waals surface area contributed by atoms with Gasteiger partial charge in [0.2, 0.25) is 0 Å². The van der Waals surface area contributed by atoms with Crippen LogP contribution in [0.5, 0.6) is 0 Å². The number of piperidine rings is 1. The van der Waals surface area contributed by atoms with Gasteiger partial charge in [0, 0.05) is 18.0 Å². The molecule has 1 saturated heterocycles. The van der Waals surface area contributed by atoms with Gasteiger partial charge < -0.3 is 10.6 Å². The first kappa shape index (κ1) is 11.0. The number of anilines is 1. The molecule has 1 aromatic rings. The molecule has 2 heterocycles. The summed E-state index contributed by atoms with van der Waals surface area (Å²) in [6.45, 7) is 0.886. The number of nitrogen functional groups attached to an aromatic ring is 1. The van der Waals surface area contributed by atoms with E-state index in [1.807, 2.05) is 4.90 Å². The van der Waals surface area contributed by atoms with E-state index in [-0.39, 0.29) is 5.91 Å². The molecule has 1 aromatic heterocycles. The minimum Gasteiger partial charge on any atom is -0.375 e. The summed E-state index contributed by atoms with van der Waals surface area (Å²) in [5, 5.41) is 2.25. The van der Waals surface area contributed by atoms with Crippen molar-refractivity contribution in [3.8, 4) is 0 Å². The summed E-state index contributed by atoms with van der Waals surface area (Å²) in [6.07, 6.45) is 6.13. The maximum atomic E-state index is 12.4. The molecule has 1 aliphatic carbocycles. The van der Waals surface area contributed by atoms with Crippen LogP contribution in [0.15, 0.2) is 5.38 Å². The Morgan fingerprint density at radius 3 is 3.00 bits per heavy atom. The zero-order chi connectivity index (χ0) is 11.8. The Morgan fingerprint density at radius 1 is 1.41 bits per heavy atom. The fourth-order valence-electron chi connectivity index (χ4n) is 3.24. The minimum atomic E-state index is 0.0783. The molecule has 17 heavy (non-hydrogen) atoms. The van der Waals surface area contributed by atoms with Crippen molar-refractivity contribution in [3.63, 3.8) is 0 Å². The Kier molecular flexibility index (Phi) is 2.78. The summed E-state index contributed by atoms with van der Waals surface area (Å²) in [6, 6.07) is 0.458. The zero-order valence-electron chi connectivity index (χ0n) is 9.76. The maximum Gasteiger partial charge on any atom is 0.273 e. The van der Waals surface area contributed by atoms with Gasteiger partial charge in [-0.3, -0.25) is 4.79 Å². The maximum absolute atomic E-state index is 12.4. The molecular formula is C12H17N3OS. The van der Waals surface area contributed by atoms with Gasteiger partial charge >= 0.3 is 0 Å². The van der Waals surface area contributed by atoms with Crippen LogP contribution >= 0.6 is 11.3 Å². The summed E-state index contributed by atoms with van der Waals surface area (Å²) in [7, 11) is 0. The molecule has 1 aliphatic heterocycles. The van der Waals surface area contributed by atoms with E-state index in [1.54, 1.807) is 5.38 Å². The average molecular weight is 251 g/mol. The van der Waals surface area contributed by atoms with E-state index in [2.05, 4.69) is 4.98 Å². The highest BCUT2D eigenvalue weighted by molar-refractivity contribution is 7.13. The van der Waals surface area contributed by atoms with Gasteiger partial charge in [-0.1, -0.05) is 6.42 Å². The van der Waals surface area contributed by atoms with Crippen molar-refractivity contribution in [1.29, 1.82) is 0 Å². The number of amides is 1. The van der Waals surface area contributed by atoms with E-state index in [4.69, 9.17) is 5.73 Å². The number of thiazole rings is 1. The fourth-order valence-corrected chi connectivity index (χ4v) is 3.78. The Morgan fingerprint density at radius 2 is 2.24 bits per heavy atom. The normalized spacial score (nSPS) is 28.1. The summed E-state index contributed by atoms with van der Waals surface area (Å²) in [5.74, 6) is 0.804. The Labute approximate surface area is 105 Å². The number of nitrogens with two attached hydrogens (primary N) is 1. The summed E-state index contributed by atoms with van der Waals surface area (Å²) < 4.78 is 0. The van der Waals surface area contributed by atoms with Gasteiger partial charge in [0.15, 0.2) is 5.13 Å². The molecule has 2 aliphatic rings. The number of carbonyl (C=O) groups is 1. The lowest BCUT2D eigenvalue weighted by Gasteiger charge is -2.37. The van der Waals surface area contributed by atoms with Crippen LogP contribution in [0, 0.1) is 5.92 Å². The summed E-state index contributed by atoms with van der Waals surface area (Å²) in [4.78, 5) is 18.5. The van der Waals surface area contributed by atoms with Gasteiger partial charge in [-0.2, -0.15) is 0 Å². The lowest BCUT2D eigenvalue weighted by molar-refractivity contribution is 0.0543. The first-order chi connectivity index (χ1) is 8.25. The van der Waals surface area contributed by atoms with Crippen LogP contribution in [0.3, 0.4) is 0 Å². The van der Waals surface area contributed by atoms with Crippen LogP contribution in [0.1, 0.15) is 42.6 Å². The van der Waals surface area contributed by atoms with Crippen LogP contribution in [-0.4, -0.2) is 28.4 Å². The Hall–Kier alpha value is -1.10. The van der Waals surface area contributed by atoms with Crippen LogP contribution in [0.25, 0.3) is 0 Å². The van der Waals surface area contributed by atoms with Crippen molar-refractivity contribution in [2.24, 2.45) is 5.92 Å². The highest BCUT2D eigenvalue weighted by Crippen LogP contribution is 2.37. The quantitative estimate of drug-likeness (QED) is 0.831. The third-order valence-corrected chi connectivity index (χ3v) is 4.67. The monoisotopic (exact) mass is 251 g/mol. The molecule has 0 spiro atoms. The molecule has 2 N–H and O–H groups in total. The molecule has 2 atom stereocenters. The number of nitrogens with zero attached hydrogens (tertiary/aromatic N) is 2. The van der Waals surface area contributed by atoms with E-state index in [0.29, 0.717) is 16.9 Å². The second kappa shape index (κ2) is 4.29. The van der Waals surface area contributed by atoms with Gasteiger partial charge in [-0.05, 0) is 31.6 Å². The number of likely N-dealkylation sites (tertiary alicyclic amines) is 1. The van der Waals surface area contributed by atoms with Gasteiger partial charge in [0.05, 0.1) is 0 Å². The highest BCUT2D eigenvalue weighted by atomic mass is 32.1. The van der Waals surface area contributed by atoms with Crippen LogP contribution < -0.4 is 5.73 Å². The molecule has 0 radical (unpaired) electrons. The van der Waals surface area contributed by atoms with Gasteiger partial charge in [0.25, 0.3) is 5.91 Å². The van der Waals surface area contributed by atoms with Crippen molar-refractivity contribution < 1.29 is 4.79 Å². The summed E-state index contributed by atoms with van der Waals surface area (Å²) >= 11 is 1.34. The van der Waals surface area contributed by atoms with Gasteiger partial charge in [-0.15, -0.1) is 11.3 Å². The third kappa shape index (κ3) is 1.92.